The number of amides is 1. The van der Waals surface area contributed by atoms with E-state index in [1.807, 2.05) is 0 Å². The van der Waals surface area contributed by atoms with Crippen molar-refractivity contribution in [1.29, 1.82) is 0 Å². The molecule has 1 spiro atoms. The first-order valence-electron chi connectivity index (χ1n) is 9.87. The molecule has 1 heterocycles. The normalized spacial score (nSPS) is 20.9. The summed E-state index contributed by atoms with van der Waals surface area (Å²) in [4.78, 5) is 12.6. The largest absolute Gasteiger partial charge is 0.356 e. The van der Waals surface area contributed by atoms with Crippen LogP contribution in [0.4, 0.5) is 0 Å². The Morgan fingerprint density at radius 1 is 1.00 bits per heavy atom. The number of piperidine rings is 1. The van der Waals surface area contributed by atoms with Crippen LogP contribution in [0.1, 0.15) is 42.7 Å². The van der Waals surface area contributed by atoms with Crippen molar-refractivity contribution in [2.24, 2.45) is 11.3 Å². The van der Waals surface area contributed by atoms with Crippen LogP contribution in [-0.4, -0.2) is 25.5 Å². The molecule has 1 saturated carbocycles. The molecule has 0 aromatic heterocycles. The van der Waals surface area contributed by atoms with Crippen molar-refractivity contribution in [1.82, 2.24) is 10.6 Å². The Balaban J connectivity index is 1.36. The molecule has 2 N–H and O–H groups in total. The van der Waals surface area contributed by atoms with Crippen LogP contribution in [0.15, 0.2) is 60.7 Å². The van der Waals surface area contributed by atoms with Gasteiger partial charge in [0.2, 0.25) is 5.91 Å². The van der Waals surface area contributed by atoms with Gasteiger partial charge in [-0.05, 0) is 55.3 Å². The van der Waals surface area contributed by atoms with Crippen molar-refractivity contribution in [3.8, 4) is 0 Å². The molecule has 3 nitrogen and oxygen atoms in total. The number of rotatable bonds is 6. The van der Waals surface area contributed by atoms with Gasteiger partial charge in [0, 0.05) is 18.4 Å². The average Bonchev–Trinajstić information content (AvgIpc) is 3.40. The van der Waals surface area contributed by atoms with E-state index in [2.05, 4.69) is 71.3 Å². The van der Waals surface area contributed by atoms with Crippen LogP contribution in [0.5, 0.6) is 0 Å². The first-order valence-corrected chi connectivity index (χ1v) is 9.87. The summed E-state index contributed by atoms with van der Waals surface area (Å²) in [7, 11) is 0. The average molecular weight is 348 g/mol. The first-order chi connectivity index (χ1) is 12.8. The summed E-state index contributed by atoms with van der Waals surface area (Å²) in [6.07, 6.45) is 4.33. The topological polar surface area (TPSA) is 41.1 Å². The molecule has 0 bridgehead atoms. The molecular weight excluding hydrogens is 320 g/mol. The Bertz CT molecular complexity index is 683. The van der Waals surface area contributed by atoms with Crippen LogP contribution in [-0.2, 0) is 4.79 Å². The highest BCUT2D eigenvalue weighted by Crippen LogP contribution is 2.58. The van der Waals surface area contributed by atoms with E-state index < -0.39 is 0 Å². The van der Waals surface area contributed by atoms with Crippen LogP contribution in [0.3, 0.4) is 0 Å². The maximum Gasteiger partial charge on any atom is 0.223 e. The molecule has 136 valence electrons. The molecule has 2 aromatic rings. The molecule has 1 aliphatic heterocycles. The third-order valence-electron chi connectivity index (χ3n) is 6.24. The van der Waals surface area contributed by atoms with Crippen molar-refractivity contribution in [2.75, 3.05) is 19.6 Å². The molecule has 26 heavy (non-hydrogen) atoms. The van der Waals surface area contributed by atoms with Crippen LogP contribution < -0.4 is 10.6 Å². The van der Waals surface area contributed by atoms with E-state index in [4.69, 9.17) is 0 Å². The minimum absolute atomic E-state index is 0.247. The zero-order chi connectivity index (χ0) is 17.8. The van der Waals surface area contributed by atoms with E-state index in [0.29, 0.717) is 11.3 Å². The van der Waals surface area contributed by atoms with Crippen molar-refractivity contribution >= 4 is 5.91 Å². The highest BCUT2D eigenvalue weighted by molar-refractivity contribution is 5.82. The molecule has 2 fully saturated rings. The van der Waals surface area contributed by atoms with Crippen LogP contribution in [0.2, 0.25) is 0 Å². The molecule has 0 radical (unpaired) electrons. The third-order valence-corrected chi connectivity index (χ3v) is 6.24. The van der Waals surface area contributed by atoms with Crippen molar-refractivity contribution in [3.63, 3.8) is 0 Å². The summed E-state index contributed by atoms with van der Waals surface area (Å²) in [5, 5.41) is 6.63. The Morgan fingerprint density at radius 2 is 1.58 bits per heavy atom. The van der Waals surface area contributed by atoms with Gasteiger partial charge in [-0.3, -0.25) is 4.79 Å². The van der Waals surface area contributed by atoms with Gasteiger partial charge < -0.3 is 10.6 Å². The smallest absolute Gasteiger partial charge is 0.223 e. The molecule has 1 atom stereocenters. The number of hydrogen-bond acceptors (Lipinski definition) is 2. The van der Waals surface area contributed by atoms with Gasteiger partial charge in [-0.25, -0.2) is 0 Å². The van der Waals surface area contributed by atoms with Crippen molar-refractivity contribution in [2.45, 2.75) is 31.6 Å². The molecule has 1 amide bonds. The van der Waals surface area contributed by atoms with Gasteiger partial charge in [-0.1, -0.05) is 60.7 Å². The predicted molar refractivity (Wildman–Crippen MR) is 105 cm³/mol. The molecule has 1 aliphatic carbocycles. The summed E-state index contributed by atoms with van der Waals surface area (Å²) in [5.41, 5.74) is 2.94. The van der Waals surface area contributed by atoms with E-state index in [9.17, 15) is 4.79 Å². The van der Waals surface area contributed by atoms with Crippen molar-refractivity contribution < 1.29 is 4.79 Å². The second-order valence-electron chi connectivity index (χ2n) is 7.82. The fourth-order valence-corrected chi connectivity index (χ4v) is 4.56. The Labute approximate surface area is 156 Å². The Hall–Kier alpha value is -2.13. The lowest BCUT2D eigenvalue weighted by Gasteiger charge is -2.23. The summed E-state index contributed by atoms with van der Waals surface area (Å²) < 4.78 is 0. The number of benzene rings is 2. The molecule has 2 aromatic carbocycles. The lowest BCUT2D eigenvalue weighted by Crippen LogP contribution is -2.34. The van der Waals surface area contributed by atoms with Crippen LogP contribution in [0, 0.1) is 11.3 Å². The van der Waals surface area contributed by atoms with Gasteiger partial charge in [-0.15, -0.1) is 0 Å². The summed E-state index contributed by atoms with van der Waals surface area (Å²) >= 11 is 0. The lowest BCUT2D eigenvalue weighted by atomic mass is 9.88. The van der Waals surface area contributed by atoms with Crippen LogP contribution >= 0.6 is 0 Å². The molecule has 0 unspecified atom stereocenters. The first kappa shape index (κ1) is 17.3. The minimum Gasteiger partial charge on any atom is -0.356 e. The molecule has 4 rings (SSSR count). The molecule has 3 heteroatoms. The lowest BCUT2D eigenvalue weighted by molar-refractivity contribution is -0.123. The predicted octanol–water partition coefficient (Wildman–Crippen LogP) is 3.71. The maximum atomic E-state index is 12.6. The molecule has 2 aliphatic rings. The minimum atomic E-state index is 0.247. The second kappa shape index (κ2) is 7.63. The summed E-state index contributed by atoms with van der Waals surface area (Å²) in [5.74, 6) is 0.841. The van der Waals surface area contributed by atoms with Gasteiger partial charge >= 0.3 is 0 Å². The maximum absolute atomic E-state index is 12.6. The third kappa shape index (κ3) is 3.68. The van der Waals surface area contributed by atoms with E-state index in [-0.39, 0.29) is 11.8 Å². The summed E-state index contributed by atoms with van der Waals surface area (Å²) in [6, 6.07) is 21.2. The standard InChI is InChI=1S/C23H28N2O/c26-22(21-17-23(21)12-15-24-16-13-23)25-14-11-20(18-7-3-1-4-8-18)19-9-5-2-6-10-19/h1-10,20-21,24H,11-17H2,(H,25,26)/t21-/m1/s1. The SMILES string of the molecule is O=C(NCCC(c1ccccc1)c1ccccc1)[C@H]1CC12CCNCC2. The van der Waals surface area contributed by atoms with E-state index in [0.717, 1.165) is 45.3 Å². The number of nitrogens with one attached hydrogen (secondary N) is 2. The zero-order valence-corrected chi connectivity index (χ0v) is 15.3. The Morgan fingerprint density at radius 3 is 2.15 bits per heavy atom. The monoisotopic (exact) mass is 348 g/mol. The fraction of sp³-hybridized carbons (Fsp3) is 0.435. The molecule has 1 saturated heterocycles. The summed E-state index contributed by atoms with van der Waals surface area (Å²) in [6.45, 7) is 2.86. The van der Waals surface area contributed by atoms with Gasteiger partial charge in [0.05, 0.1) is 0 Å². The van der Waals surface area contributed by atoms with Crippen molar-refractivity contribution in [3.05, 3.63) is 71.8 Å². The van der Waals surface area contributed by atoms with Gasteiger partial charge in [0.1, 0.15) is 0 Å². The van der Waals surface area contributed by atoms with Gasteiger partial charge in [0.15, 0.2) is 0 Å². The number of hydrogen-bond donors (Lipinski definition) is 2. The van der Waals surface area contributed by atoms with E-state index in [1.54, 1.807) is 0 Å². The highest BCUT2D eigenvalue weighted by atomic mass is 16.2. The van der Waals surface area contributed by atoms with E-state index >= 15 is 0 Å². The Kier molecular flexibility index (Phi) is 5.07. The zero-order valence-electron chi connectivity index (χ0n) is 15.3. The molecular formula is C23H28N2O. The quantitative estimate of drug-likeness (QED) is 0.835. The van der Waals surface area contributed by atoms with Gasteiger partial charge in [0.25, 0.3) is 0 Å². The highest BCUT2D eigenvalue weighted by Gasteiger charge is 2.57. The number of carbonyl (C=O) groups excluding carboxylic acids is 1. The number of carbonyl (C=O) groups is 1. The fourth-order valence-electron chi connectivity index (χ4n) is 4.56. The van der Waals surface area contributed by atoms with Gasteiger partial charge in [-0.2, -0.15) is 0 Å². The van der Waals surface area contributed by atoms with Crippen LogP contribution in [0.25, 0.3) is 0 Å². The van der Waals surface area contributed by atoms with E-state index in [1.165, 1.54) is 11.1 Å². The second-order valence-corrected chi connectivity index (χ2v) is 7.82.